The molecule has 3 aromatic rings. The lowest BCUT2D eigenvalue weighted by molar-refractivity contribution is -0.132. The van der Waals surface area contributed by atoms with E-state index in [2.05, 4.69) is 11.1 Å². The van der Waals surface area contributed by atoms with Crippen molar-refractivity contribution >= 4 is 33.4 Å². The Bertz CT molecular complexity index is 913. The maximum Gasteiger partial charge on any atom is 0.253 e. The molecule has 138 valence electrons. The number of fused-ring (bicyclic) bond motifs is 1. The zero-order valence-corrected chi connectivity index (χ0v) is 15.8. The third-order valence-corrected chi connectivity index (χ3v) is 5.93. The van der Waals surface area contributed by atoms with Gasteiger partial charge >= 0.3 is 0 Å². The van der Waals surface area contributed by atoms with Crippen molar-refractivity contribution in [3.8, 4) is 0 Å². The van der Waals surface area contributed by atoms with Crippen LogP contribution in [0.25, 0.3) is 10.2 Å². The van der Waals surface area contributed by atoms with E-state index in [9.17, 15) is 9.59 Å². The first-order valence-electron chi connectivity index (χ1n) is 9.17. The van der Waals surface area contributed by atoms with E-state index in [1.54, 1.807) is 11.3 Å². The predicted molar refractivity (Wildman–Crippen MR) is 107 cm³/mol. The summed E-state index contributed by atoms with van der Waals surface area (Å²) in [6, 6.07) is 17.3. The molecule has 2 aromatic carbocycles. The van der Waals surface area contributed by atoms with E-state index in [4.69, 9.17) is 0 Å². The van der Waals surface area contributed by atoms with Gasteiger partial charge < -0.3 is 9.80 Å². The summed E-state index contributed by atoms with van der Waals surface area (Å²) >= 11 is 1.65. The van der Waals surface area contributed by atoms with Crippen LogP contribution in [-0.4, -0.2) is 52.8 Å². The van der Waals surface area contributed by atoms with Crippen LogP contribution in [0.4, 0.5) is 0 Å². The molecule has 0 unspecified atom stereocenters. The van der Waals surface area contributed by atoms with Crippen LogP contribution in [-0.2, 0) is 11.2 Å². The number of nitrogens with zero attached hydrogens (tertiary/aromatic N) is 3. The lowest BCUT2D eigenvalue weighted by Crippen LogP contribution is -2.50. The van der Waals surface area contributed by atoms with Crippen molar-refractivity contribution < 1.29 is 9.59 Å². The molecule has 0 spiro atoms. The molecule has 2 amide bonds. The Hall–Kier alpha value is -2.73. The quantitative estimate of drug-likeness (QED) is 0.699. The fourth-order valence-electron chi connectivity index (χ4n) is 3.32. The maximum atomic E-state index is 12.5. The number of piperazine rings is 1. The molecule has 1 aromatic heterocycles. The van der Waals surface area contributed by atoms with Gasteiger partial charge in [0, 0.05) is 44.6 Å². The monoisotopic (exact) mass is 379 g/mol. The zero-order valence-electron chi connectivity index (χ0n) is 15.0. The van der Waals surface area contributed by atoms with E-state index >= 15 is 0 Å². The summed E-state index contributed by atoms with van der Waals surface area (Å²) in [6.45, 7) is 2.36. The number of hydrogen-bond acceptors (Lipinski definition) is 4. The van der Waals surface area contributed by atoms with Crippen LogP contribution in [0, 0.1) is 0 Å². The van der Waals surface area contributed by atoms with E-state index in [-0.39, 0.29) is 11.8 Å². The topological polar surface area (TPSA) is 53.5 Å². The van der Waals surface area contributed by atoms with E-state index < -0.39 is 0 Å². The normalized spacial score (nSPS) is 14.5. The minimum absolute atomic E-state index is 0.0391. The average Bonchev–Trinajstić information content (AvgIpc) is 3.15. The Balaban J connectivity index is 1.29. The molecule has 0 radical (unpaired) electrons. The lowest BCUT2D eigenvalue weighted by atomic mass is 10.1. The van der Waals surface area contributed by atoms with Gasteiger partial charge in [0.25, 0.3) is 5.91 Å². The van der Waals surface area contributed by atoms with Crippen molar-refractivity contribution in [2.45, 2.75) is 12.8 Å². The van der Waals surface area contributed by atoms with Gasteiger partial charge in [0.2, 0.25) is 5.91 Å². The highest BCUT2D eigenvalue weighted by Crippen LogP contribution is 2.22. The number of hydrogen-bond donors (Lipinski definition) is 0. The smallest absolute Gasteiger partial charge is 0.253 e. The van der Waals surface area contributed by atoms with Gasteiger partial charge in [0.15, 0.2) is 0 Å². The van der Waals surface area contributed by atoms with Gasteiger partial charge in [0.1, 0.15) is 0 Å². The molecule has 1 saturated heterocycles. The van der Waals surface area contributed by atoms with Gasteiger partial charge in [-0.1, -0.05) is 30.3 Å². The Kier molecular flexibility index (Phi) is 5.16. The van der Waals surface area contributed by atoms with E-state index in [1.165, 1.54) is 0 Å². The highest BCUT2D eigenvalue weighted by atomic mass is 32.1. The molecule has 5 nitrogen and oxygen atoms in total. The predicted octanol–water partition coefficient (Wildman–Crippen LogP) is 3.21. The van der Waals surface area contributed by atoms with Gasteiger partial charge in [-0.15, -0.1) is 11.3 Å². The summed E-state index contributed by atoms with van der Waals surface area (Å²) < 4.78 is 1.16. The van der Waals surface area contributed by atoms with E-state index in [0.29, 0.717) is 44.6 Å². The summed E-state index contributed by atoms with van der Waals surface area (Å²) in [4.78, 5) is 33.3. The molecule has 1 aliphatic rings. The second kappa shape index (κ2) is 7.88. The van der Waals surface area contributed by atoms with Gasteiger partial charge in [-0.2, -0.15) is 0 Å². The van der Waals surface area contributed by atoms with Crippen molar-refractivity contribution in [2.24, 2.45) is 0 Å². The van der Waals surface area contributed by atoms with Gasteiger partial charge in [-0.25, -0.2) is 4.98 Å². The Labute approximate surface area is 162 Å². The van der Waals surface area contributed by atoms with Crippen molar-refractivity contribution in [3.63, 3.8) is 0 Å². The molecule has 0 bridgehead atoms. The highest BCUT2D eigenvalue weighted by Gasteiger charge is 2.24. The van der Waals surface area contributed by atoms with Gasteiger partial charge in [0.05, 0.1) is 15.2 Å². The van der Waals surface area contributed by atoms with E-state index in [0.717, 1.165) is 15.2 Å². The first kappa shape index (κ1) is 17.7. The standard InChI is InChI=1S/C21H21N3O2S/c25-20(11-10-19-22-17-8-4-5-9-18(17)27-19)23-12-14-24(15-13-23)21(26)16-6-2-1-3-7-16/h1-9H,10-15H2. The van der Waals surface area contributed by atoms with Crippen molar-refractivity contribution in [1.82, 2.24) is 14.8 Å². The molecule has 4 rings (SSSR count). The summed E-state index contributed by atoms with van der Waals surface area (Å²) in [5, 5.41) is 1.00. The Morgan fingerprint density at radius 2 is 1.56 bits per heavy atom. The van der Waals surface area contributed by atoms with Crippen LogP contribution in [0.15, 0.2) is 54.6 Å². The van der Waals surface area contributed by atoms with Gasteiger partial charge in [-0.05, 0) is 24.3 Å². The number of carbonyl (C=O) groups is 2. The first-order chi connectivity index (χ1) is 13.2. The molecule has 0 N–H and O–H groups in total. The molecule has 1 fully saturated rings. The molecular formula is C21H21N3O2S. The number of aromatic nitrogens is 1. The van der Waals surface area contributed by atoms with Crippen molar-refractivity contribution in [1.29, 1.82) is 0 Å². The van der Waals surface area contributed by atoms with Crippen LogP contribution in [0.5, 0.6) is 0 Å². The number of rotatable bonds is 4. The zero-order chi connectivity index (χ0) is 18.6. The molecule has 0 atom stereocenters. The Morgan fingerprint density at radius 1 is 0.889 bits per heavy atom. The summed E-state index contributed by atoms with van der Waals surface area (Å²) in [5.41, 5.74) is 1.70. The Morgan fingerprint density at radius 3 is 2.30 bits per heavy atom. The minimum atomic E-state index is 0.0391. The first-order valence-corrected chi connectivity index (χ1v) is 9.99. The second-order valence-corrected chi connectivity index (χ2v) is 7.73. The number of benzene rings is 2. The summed E-state index contributed by atoms with van der Waals surface area (Å²) in [5.74, 6) is 0.179. The van der Waals surface area contributed by atoms with Crippen LogP contribution in [0.1, 0.15) is 21.8 Å². The minimum Gasteiger partial charge on any atom is -0.339 e. The summed E-state index contributed by atoms with van der Waals surface area (Å²) in [6.07, 6.45) is 1.13. The molecule has 0 aliphatic carbocycles. The average molecular weight is 379 g/mol. The molecule has 2 heterocycles. The van der Waals surface area contributed by atoms with Crippen molar-refractivity contribution in [2.75, 3.05) is 26.2 Å². The lowest BCUT2D eigenvalue weighted by Gasteiger charge is -2.34. The number of amides is 2. The van der Waals surface area contributed by atoms with Gasteiger partial charge in [-0.3, -0.25) is 9.59 Å². The largest absolute Gasteiger partial charge is 0.339 e. The van der Waals surface area contributed by atoms with Crippen LogP contribution < -0.4 is 0 Å². The molecular weight excluding hydrogens is 358 g/mol. The SMILES string of the molecule is O=C(CCc1nc2ccccc2s1)N1CCN(C(=O)c2ccccc2)CC1. The number of para-hydroxylation sites is 1. The number of carbonyl (C=O) groups excluding carboxylic acids is 2. The molecule has 6 heteroatoms. The third-order valence-electron chi connectivity index (χ3n) is 4.83. The van der Waals surface area contributed by atoms with Crippen LogP contribution in [0.3, 0.4) is 0 Å². The van der Waals surface area contributed by atoms with Crippen LogP contribution in [0.2, 0.25) is 0 Å². The van der Waals surface area contributed by atoms with E-state index in [1.807, 2.05) is 58.3 Å². The second-order valence-electron chi connectivity index (χ2n) is 6.61. The number of thiazole rings is 1. The molecule has 27 heavy (non-hydrogen) atoms. The van der Waals surface area contributed by atoms with Crippen molar-refractivity contribution in [3.05, 3.63) is 65.2 Å². The number of aryl methyl sites for hydroxylation is 1. The molecule has 0 saturated carbocycles. The highest BCUT2D eigenvalue weighted by molar-refractivity contribution is 7.18. The fourth-order valence-corrected chi connectivity index (χ4v) is 4.29. The summed E-state index contributed by atoms with van der Waals surface area (Å²) in [7, 11) is 0. The third kappa shape index (κ3) is 4.01. The van der Waals surface area contributed by atoms with Crippen LogP contribution >= 0.6 is 11.3 Å². The molecule has 1 aliphatic heterocycles. The maximum absolute atomic E-state index is 12.5. The fraction of sp³-hybridized carbons (Fsp3) is 0.286.